The van der Waals surface area contributed by atoms with Crippen LogP contribution in [0, 0.1) is 0 Å². The van der Waals surface area contributed by atoms with Gasteiger partial charge in [0.15, 0.2) is 0 Å². The lowest BCUT2D eigenvalue weighted by Crippen LogP contribution is -2.42. The molecule has 8 heteroatoms. The number of phenols is 1. The Morgan fingerprint density at radius 2 is 1.81 bits per heavy atom. The van der Waals surface area contributed by atoms with Gasteiger partial charge in [0, 0.05) is 41.3 Å². The Balaban J connectivity index is 1.40. The van der Waals surface area contributed by atoms with Crippen molar-refractivity contribution in [3.8, 4) is 5.75 Å². The van der Waals surface area contributed by atoms with E-state index in [4.69, 9.17) is 0 Å². The Labute approximate surface area is 189 Å². The lowest BCUT2D eigenvalue weighted by molar-refractivity contribution is 0.182. The van der Waals surface area contributed by atoms with Crippen molar-refractivity contribution in [2.75, 3.05) is 5.75 Å². The van der Waals surface area contributed by atoms with E-state index in [1.807, 2.05) is 54.6 Å². The van der Waals surface area contributed by atoms with E-state index in [1.54, 1.807) is 36.3 Å². The molecule has 0 bridgehead atoms. The number of urea groups is 1. The van der Waals surface area contributed by atoms with Gasteiger partial charge in [-0.25, -0.2) is 9.80 Å². The van der Waals surface area contributed by atoms with Crippen LogP contribution in [0.4, 0.5) is 4.79 Å². The molecule has 160 valence electrons. The Morgan fingerprint density at radius 3 is 2.59 bits per heavy atom. The molecular formula is C24H21N5O2S. The van der Waals surface area contributed by atoms with Crippen LogP contribution < -0.4 is 5.32 Å². The zero-order chi connectivity index (χ0) is 21.9. The molecule has 0 saturated heterocycles. The molecule has 2 aliphatic rings. The number of pyridine rings is 1. The molecule has 2 atom stereocenters. The molecule has 0 spiro atoms. The van der Waals surface area contributed by atoms with Crippen LogP contribution >= 0.6 is 11.8 Å². The van der Waals surface area contributed by atoms with Crippen LogP contribution in [0.1, 0.15) is 29.2 Å². The minimum atomic E-state index is -0.418. The number of hydrazone groups is 1. The molecule has 3 heterocycles. The van der Waals surface area contributed by atoms with Gasteiger partial charge in [0.1, 0.15) is 17.0 Å². The quantitative estimate of drug-likeness (QED) is 0.633. The summed E-state index contributed by atoms with van der Waals surface area (Å²) in [5.41, 5.74) is 3.29. The van der Waals surface area contributed by atoms with E-state index in [1.165, 1.54) is 5.01 Å². The third kappa shape index (κ3) is 4.09. The first-order valence-corrected chi connectivity index (χ1v) is 11.3. The van der Waals surface area contributed by atoms with E-state index in [-0.39, 0.29) is 17.9 Å². The number of aromatic hydroxyl groups is 1. The summed E-state index contributed by atoms with van der Waals surface area (Å²) in [6, 6.07) is 20.0. The van der Waals surface area contributed by atoms with Crippen LogP contribution in [0.15, 0.2) is 89.2 Å². The predicted molar refractivity (Wildman–Crippen MR) is 126 cm³/mol. The van der Waals surface area contributed by atoms with Crippen molar-refractivity contribution >= 4 is 28.5 Å². The van der Waals surface area contributed by atoms with Crippen LogP contribution in [0.5, 0.6) is 5.75 Å². The summed E-state index contributed by atoms with van der Waals surface area (Å²) in [5.74, 6) is 0.795. The second-order valence-electron chi connectivity index (χ2n) is 7.49. The molecule has 1 aromatic heterocycles. The second-order valence-corrected chi connectivity index (χ2v) is 8.50. The number of carbonyl (C=O) groups is 1. The summed E-state index contributed by atoms with van der Waals surface area (Å²) in [7, 11) is 0. The number of hydrogen-bond acceptors (Lipinski definition) is 6. The molecule has 2 aromatic carbocycles. The van der Waals surface area contributed by atoms with Crippen molar-refractivity contribution in [2.24, 2.45) is 10.1 Å². The molecular weight excluding hydrogens is 422 g/mol. The van der Waals surface area contributed by atoms with Gasteiger partial charge in [0.05, 0.1) is 11.8 Å². The standard InChI is InChI=1S/C24H21N5O2S/c30-21-11-5-4-10-18(21)20-13-19(17-9-6-12-25-14-17)28-29(20)24(31)27-22-15-32-23(26-22)16-7-2-1-3-8-16/h1-12,14,20,22,30H,13,15H2,(H,27,31). The minimum Gasteiger partial charge on any atom is -0.508 e. The maximum absolute atomic E-state index is 13.2. The smallest absolute Gasteiger partial charge is 0.340 e. The predicted octanol–water partition coefficient (Wildman–Crippen LogP) is 4.17. The Morgan fingerprint density at radius 1 is 1.03 bits per heavy atom. The van der Waals surface area contributed by atoms with Gasteiger partial charge in [-0.05, 0) is 12.1 Å². The molecule has 2 aliphatic heterocycles. The summed E-state index contributed by atoms with van der Waals surface area (Å²) in [4.78, 5) is 22.1. The summed E-state index contributed by atoms with van der Waals surface area (Å²) in [5, 5.41) is 20.3. The molecule has 3 aromatic rings. The molecule has 5 rings (SSSR count). The maximum atomic E-state index is 13.2. The average molecular weight is 444 g/mol. The number of amides is 2. The third-order valence-electron chi connectivity index (χ3n) is 5.37. The monoisotopic (exact) mass is 443 g/mol. The van der Waals surface area contributed by atoms with Crippen LogP contribution in [0.25, 0.3) is 0 Å². The summed E-state index contributed by atoms with van der Waals surface area (Å²) in [6.45, 7) is 0. The fraction of sp³-hybridized carbons (Fsp3) is 0.167. The van der Waals surface area contributed by atoms with E-state index in [9.17, 15) is 9.90 Å². The number of benzene rings is 2. The summed E-state index contributed by atoms with van der Waals surface area (Å²) >= 11 is 1.62. The topological polar surface area (TPSA) is 90.2 Å². The third-order valence-corrected chi connectivity index (χ3v) is 6.47. The van der Waals surface area contributed by atoms with Crippen molar-refractivity contribution in [1.29, 1.82) is 0 Å². The number of para-hydroxylation sites is 1. The van der Waals surface area contributed by atoms with Crippen molar-refractivity contribution < 1.29 is 9.90 Å². The van der Waals surface area contributed by atoms with E-state index in [2.05, 4.69) is 20.4 Å². The number of carbonyl (C=O) groups excluding carboxylic acids is 1. The molecule has 0 saturated carbocycles. The number of aliphatic imine (C=N–C) groups is 1. The molecule has 7 nitrogen and oxygen atoms in total. The highest BCUT2D eigenvalue weighted by atomic mass is 32.2. The first-order valence-electron chi connectivity index (χ1n) is 10.3. The Bertz CT molecular complexity index is 1180. The minimum absolute atomic E-state index is 0.138. The molecule has 0 fully saturated rings. The average Bonchev–Trinajstić information content (AvgIpc) is 3.48. The number of aromatic nitrogens is 1. The van der Waals surface area contributed by atoms with Gasteiger partial charge in [-0.15, -0.1) is 11.8 Å². The molecule has 2 N–H and O–H groups in total. The van der Waals surface area contributed by atoms with Crippen molar-refractivity contribution in [1.82, 2.24) is 15.3 Å². The fourth-order valence-corrected chi connectivity index (χ4v) is 4.79. The molecule has 0 radical (unpaired) electrons. The zero-order valence-electron chi connectivity index (χ0n) is 17.1. The fourth-order valence-electron chi connectivity index (χ4n) is 3.81. The van der Waals surface area contributed by atoms with Gasteiger partial charge in [0.25, 0.3) is 0 Å². The second kappa shape index (κ2) is 8.84. The number of phenolic OH excluding ortho intramolecular Hbond substituents is 1. The van der Waals surface area contributed by atoms with Crippen molar-refractivity contribution in [3.05, 3.63) is 95.8 Å². The van der Waals surface area contributed by atoms with Crippen LogP contribution in [0.2, 0.25) is 0 Å². The van der Waals surface area contributed by atoms with E-state index in [0.29, 0.717) is 17.7 Å². The highest BCUT2D eigenvalue weighted by molar-refractivity contribution is 8.14. The van der Waals surface area contributed by atoms with Gasteiger partial charge in [-0.2, -0.15) is 5.10 Å². The lowest BCUT2D eigenvalue weighted by Gasteiger charge is -2.24. The lowest BCUT2D eigenvalue weighted by atomic mass is 9.98. The van der Waals surface area contributed by atoms with E-state index in [0.717, 1.165) is 21.9 Å². The first kappa shape index (κ1) is 20.3. The molecule has 2 amide bonds. The SMILES string of the molecule is O=C(NC1CSC(c2ccccc2)=N1)N1N=C(c2cccnc2)CC1c1ccccc1O. The van der Waals surface area contributed by atoms with E-state index < -0.39 is 6.04 Å². The number of nitrogens with one attached hydrogen (secondary N) is 1. The highest BCUT2D eigenvalue weighted by Gasteiger charge is 2.36. The largest absolute Gasteiger partial charge is 0.508 e. The maximum Gasteiger partial charge on any atom is 0.340 e. The Kier molecular flexibility index (Phi) is 5.60. The Hall–Kier alpha value is -3.65. The van der Waals surface area contributed by atoms with Crippen LogP contribution in [0.3, 0.4) is 0 Å². The van der Waals surface area contributed by atoms with Gasteiger partial charge in [-0.1, -0.05) is 54.6 Å². The molecule has 0 aliphatic carbocycles. The first-order chi connectivity index (χ1) is 15.7. The zero-order valence-corrected chi connectivity index (χ0v) is 17.9. The van der Waals surface area contributed by atoms with Gasteiger partial charge in [0.2, 0.25) is 0 Å². The number of thioether (sulfide) groups is 1. The van der Waals surface area contributed by atoms with Crippen LogP contribution in [-0.2, 0) is 0 Å². The molecule has 2 unspecified atom stereocenters. The van der Waals surface area contributed by atoms with Crippen LogP contribution in [-0.4, -0.2) is 43.8 Å². The van der Waals surface area contributed by atoms with Crippen molar-refractivity contribution in [3.63, 3.8) is 0 Å². The normalized spacial score (nSPS) is 20.1. The number of nitrogens with zero attached hydrogens (tertiary/aromatic N) is 4. The van der Waals surface area contributed by atoms with Gasteiger partial charge >= 0.3 is 6.03 Å². The number of rotatable bonds is 4. The summed E-state index contributed by atoms with van der Waals surface area (Å²) in [6.07, 6.45) is 3.57. The highest BCUT2D eigenvalue weighted by Crippen LogP contribution is 2.37. The van der Waals surface area contributed by atoms with Crippen molar-refractivity contribution in [2.45, 2.75) is 18.6 Å². The van der Waals surface area contributed by atoms with Gasteiger partial charge < -0.3 is 10.4 Å². The molecule has 32 heavy (non-hydrogen) atoms. The van der Waals surface area contributed by atoms with E-state index >= 15 is 0 Å². The number of hydrogen-bond donors (Lipinski definition) is 2. The summed E-state index contributed by atoms with van der Waals surface area (Å²) < 4.78 is 0. The van der Waals surface area contributed by atoms with Gasteiger partial charge in [-0.3, -0.25) is 9.98 Å².